The summed E-state index contributed by atoms with van der Waals surface area (Å²) in [6, 6.07) is 14.5. The normalized spacial score (nSPS) is 11.2. The largest absolute Gasteiger partial charge is 0.350 e. The molecule has 0 saturated carbocycles. The number of amides is 1. The van der Waals surface area contributed by atoms with E-state index in [0.717, 1.165) is 10.9 Å². The lowest BCUT2D eigenvalue weighted by Crippen LogP contribution is -2.17. The van der Waals surface area contributed by atoms with Gasteiger partial charge in [-0.25, -0.2) is 5.43 Å². The van der Waals surface area contributed by atoms with Crippen LogP contribution in [0.3, 0.4) is 0 Å². The van der Waals surface area contributed by atoms with Gasteiger partial charge in [-0.1, -0.05) is 47.5 Å². The van der Waals surface area contributed by atoms with Gasteiger partial charge in [-0.2, -0.15) is 5.10 Å². The first kappa shape index (κ1) is 14.6. The molecule has 2 N–H and O–H groups in total. The number of aromatic nitrogens is 1. The molecule has 3 rings (SSSR count). The highest BCUT2D eigenvalue weighted by Crippen LogP contribution is 2.19. The molecule has 0 bridgehead atoms. The number of hydrazone groups is 1. The predicted molar refractivity (Wildman–Crippen MR) is 89.8 cm³/mol. The SMILES string of the molecule is O=C(N/N=C\c1ccc(Cl)cc1Cl)c1cc2ccccc2[nH]1. The molecule has 0 aliphatic heterocycles. The summed E-state index contributed by atoms with van der Waals surface area (Å²) in [5.74, 6) is -0.322. The summed E-state index contributed by atoms with van der Waals surface area (Å²) in [6.07, 6.45) is 1.47. The number of carbonyl (C=O) groups excluding carboxylic acids is 1. The quantitative estimate of drug-likeness (QED) is 0.547. The Morgan fingerprint density at radius 1 is 1.14 bits per heavy atom. The number of para-hydroxylation sites is 1. The van der Waals surface area contributed by atoms with Gasteiger partial charge in [-0.05, 0) is 24.3 Å². The molecular weight excluding hydrogens is 321 g/mol. The van der Waals surface area contributed by atoms with Gasteiger partial charge in [0.1, 0.15) is 5.69 Å². The maximum Gasteiger partial charge on any atom is 0.287 e. The second-order valence-electron chi connectivity index (χ2n) is 4.64. The first-order chi connectivity index (χ1) is 10.6. The van der Waals surface area contributed by atoms with Crippen LogP contribution in [0.1, 0.15) is 16.1 Å². The molecule has 2 aromatic carbocycles. The Labute approximate surface area is 136 Å². The average molecular weight is 332 g/mol. The van der Waals surface area contributed by atoms with Gasteiger partial charge < -0.3 is 4.98 Å². The number of hydrogen-bond acceptors (Lipinski definition) is 2. The first-order valence-corrected chi connectivity index (χ1v) is 7.25. The van der Waals surface area contributed by atoms with Crippen molar-refractivity contribution in [2.75, 3.05) is 0 Å². The van der Waals surface area contributed by atoms with E-state index < -0.39 is 0 Å². The average Bonchev–Trinajstić information content (AvgIpc) is 2.93. The third kappa shape index (κ3) is 3.13. The van der Waals surface area contributed by atoms with Crippen LogP contribution in [0.2, 0.25) is 10.0 Å². The Morgan fingerprint density at radius 2 is 1.95 bits per heavy atom. The summed E-state index contributed by atoms with van der Waals surface area (Å²) in [5.41, 5.74) is 4.47. The molecule has 0 radical (unpaired) electrons. The molecule has 1 amide bonds. The molecule has 6 heteroatoms. The molecule has 0 aliphatic carbocycles. The molecule has 110 valence electrons. The molecular formula is C16H11Cl2N3O. The number of nitrogens with zero attached hydrogens (tertiary/aromatic N) is 1. The number of fused-ring (bicyclic) bond motifs is 1. The number of nitrogens with one attached hydrogen (secondary N) is 2. The van der Waals surface area contributed by atoms with Gasteiger partial charge >= 0.3 is 0 Å². The molecule has 0 saturated heterocycles. The van der Waals surface area contributed by atoms with Crippen molar-refractivity contribution in [2.24, 2.45) is 5.10 Å². The van der Waals surface area contributed by atoms with E-state index in [2.05, 4.69) is 15.5 Å². The third-order valence-electron chi connectivity index (χ3n) is 3.11. The Morgan fingerprint density at radius 3 is 2.73 bits per heavy atom. The van der Waals surface area contributed by atoms with Gasteiger partial charge in [-0.3, -0.25) is 4.79 Å². The molecule has 1 aromatic heterocycles. The minimum atomic E-state index is -0.322. The number of halogens is 2. The maximum absolute atomic E-state index is 12.0. The van der Waals surface area contributed by atoms with Crippen molar-refractivity contribution in [1.29, 1.82) is 0 Å². The summed E-state index contributed by atoms with van der Waals surface area (Å²) >= 11 is 11.8. The smallest absolute Gasteiger partial charge is 0.287 e. The zero-order valence-electron chi connectivity index (χ0n) is 11.3. The Bertz CT molecular complexity index is 838. The van der Waals surface area contributed by atoms with Crippen molar-refractivity contribution in [3.63, 3.8) is 0 Å². The van der Waals surface area contributed by atoms with Crippen molar-refractivity contribution in [1.82, 2.24) is 10.4 Å². The fourth-order valence-corrected chi connectivity index (χ4v) is 2.48. The second-order valence-corrected chi connectivity index (χ2v) is 5.48. The molecule has 0 aliphatic rings. The van der Waals surface area contributed by atoms with Crippen LogP contribution in [0.5, 0.6) is 0 Å². The van der Waals surface area contributed by atoms with E-state index in [0.29, 0.717) is 21.3 Å². The summed E-state index contributed by atoms with van der Waals surface area (Å²) in [7, 11) is 0. The van der Waals surface area contributed by atoms with Crippen molar-refractivity contribution in [2.45, 2.75) is 0 Å². The van der Waals surface area contributed by atoms with E-state index in [1.54, 1.807) is 24.3 Å². The second kappa shape index (κ2) is 6.22. The highest BCUT2D eigenvalue weighted by Gasteiger charge is 2.08. The predicted octanol–water partition coefficient (Wildman–Crippen LogP) is 4.24. The van der Waals surface area contributed by atoms with Crippen molar-refractivity contribution < 1.29 is 4.79 Å². The molecule has 3 aromatic rings. The van der Waals surface area contributed by atoms with Crippen LogP contribution in [-0.4, -0.2) is 17.1 Å². The first-order valence-electron chi connectivity index (χ1n) is 6.50. The van der Waals surface area contributed by atoms with Gasteiger partial charge in [0.15, 0.2) is 0 Å². The highest BCUT2D eigenvalue weighted by molar-refractivity contribution is 6.36. The van der Waals surface area contributed by atoms with E-state index in [1.807, 2.05) is 24.3 Å². The zero-order valence-corrected chi connectivity index (χ0v) is 12.8. The standard InChI is InChI=1S/C16H11Cl2N3O/c17-12-6-5-11(13(18)8-12)9-19-21-16(22)15-7-10-3-1-2-4-14(10)20-15/h1-9,20H,(H,21,22)/b19-9-. The lowest BCUT2D eigenvalue weighted by molar-refractivity contribution is 0.0951. The van der Waals surface area contributed by atoms with Gasteiger partial charge in [0.2, 0.25) is 0 Å². The Balaban J connectivity index is 1.72. The molecule has 0 atom stereocenters. The summed E-state index contributed by atoms with van der Waals surface area (Å²) in [5, 5.41) is 5.89. The van der Waals surface area contributed by atoms with E-state index in [-0.39, 0.29) is 5.91 Å². The van der Waals surface area contributed by atoms with Crippen LogP contribution in [0.25, 0.3) is 10.9 Å². The van der Waals surface area contributed by atoms with Crippen LogP contribution in [0.4, 0.5) is 0 Å². The Hall–Kier alpha value is -2.30. The van der Waals surface area contributed by atoms with Crippen LogP contribution < -0.4 is 5.43 Å². The third-order valence-corrected chi connectivity index (χ3v) is 3.67. The maximum atomic E-state index is 12.0. The summed E-state index contributed by atoms with van der Waals surface area (Å²) in [6.45, 7) is 0. The number of aromatic amines is 1. The van der Waals surface area contributed by atoms with E-state index in [4.69, 9.17) is 23.2 Å². The minimum absolute atomic E-state index is 0.322. The van der Waals surface area contributed by atoms with Gasteiger partial charge in [0.05, 0.1) is 11.2 Å². The van der Waals surface area contributed by atoms with Crippen molar-refractivity contribution in [3.05, 3.63) is 69.8 Å². The molecule has 0 unspecified atom stereocenters. The molecule has 4 nitrogen and oxygen atoms in total. The van der Waals surface area contributed by atoms with E-state index in [1.165, 1.54) is 6.21 Å². The van der Waals surface area contributed by atoms with Crippen molar-refractivity contribution >= 4 is 46.2 Å². The van der Waals surface area contributed by atoms with Gasteiger partial charge in [-0.15, -0.1) is 0 Å². The topological polar surface area (TPSA) is 57.2 Å². The van der Waals surface area contributed by atoms with Crippen molar-refractivity contribution in [3.8, 4) is 0 Å². The molecule has 1 heterocycles. The van der Waals surface area contributed by atoms with Crippen LogP contribution in [0.15, 0.2) is 53.6 Å². The van der Waals surface area contributed by atoms with Crippen LogP contribution in [-0.2, 0) is 0 Å². The van der Waals surface area contributed by atoms with E-state index in [9.17, 15) is 4.79 Å². The number of rotatable bonds is 3. The zero-order chi connectivity index (χ0) is 15.5. The fourth-order valence-electron chi connectivity index (χ4n) is 2.02. The van der Waals surface area contributed by atoms with Crippen LogP contribution in [0, 0.1) is 0 Å². The summed E-state index contributed by atoms with van der Waals surface area (Å²) < 4.78 is 0. The fraction of sp³-hybridized carbons (Fsp3) is 0. The minimum Gasteiger partial charge on any atom is -0.350 e. The van der Waals surface area contributed by atoms with Gasteiger partial charge in [0.25, 0.3) is 5.91 Å². The highest BCUT2D eigenvalue weighted by atomic mass is 35.5. The van der Waals surface area contributed by atoms with E-state index >= 15 is 0 Å². The molecule has 0 spiro atoms. The number of carbonyl (C=O) groups is 1. The lowest BCUT2D eigenvalue weighted by atomic mass is 10.2. The monoisotopic (exact) mass is 331 g/mol. The molecule has 0 fully saturated rings. The number of benzene rings is 2. The van der Waals surface area contributed by atoms with Gasteiger partial charge in [0, 0.05) is 21.5 Å². The molecule has 22 heavy (non-hydrogen) atoms. The lowest BCUT2D eigenvalue weighted by Gasteiger charge is -1.99. The number of hydrogen-bond donors (Lipinski definition) is 2. The summed E-state index contributed by atoms with van der Waals surface area (Å²) in [4.78, 5) is 15.1. The number of H-pyrrole nitrogens is 1. The van der Waals surface area contributed by atoms with Crippen LogP contribution >= 0.6 is 23.2 Å². The Kier molecular flexibility index (Phi) is 4.13.